The van der Waals surface area contributed by atoms with Crippen molar-refractivity contribution < 1.29 is 23.1 Å². The molecule has 0 spiro atoms. The van der Waals surface area contributed by atoms with Crippen LogP contribution < -0.4 is 16.2 Å². The molecule has 1 aromatic carbocycles. The van der Waals surface area contributed by atoms with Gasteiger partial charge in [-0.3, -0.25) is 9.69 Å². The van der Waals surface area contributed by atoms with Gasteiger partial charge in [0.15, 0.2) is 5.76 Å². The number of pyridine rings is 1. The van der Waals surface area contributed by atoms with E-state index in [0.717, 1.165) is 6.07 Å². The molecular weight excluding hydrogens is 479 g/mol. The Kier molecular flexibility index (Phi) is 6.73. The first-order valence-electron chi connectivity index (χ1n) is 10.9. The van der Waals surface area contributed by atoms with Crippen LogP contribution in [-0.2, 0) is 6.54 Å². The van der Waals surface area contributed by atoms with E-state index in [1.807, 2.05) is 11.8 Å². The van der Waals surface area contributed by atoms with Gasteiger partial charge in [0.25, 0.3) is 0 Å². The van der Waals surface area contributed by atoms with Crippen molar-refractivity contribution in [1.82, 2.24) is 9.47 Å². The van der Waals surface area contributed by atoms with Gasteiger partial charge in [0, 0.05) is 38.5 Å². The van der Waals surface area contributed by atoms with Crippen LogP contribution in [0.4, 0.5) is 10.1 Å². The van der Waals surface area contributed by atoms with E-state index in [-0.39, 0.29) is 16.3 Å². The third kappa shape index (κ3) is 4.44. The largest absolute Gasteiger partial charge is 0.519 e. The molecule has 1 saturated heterocycles. The summed E-state index contributed by atoms with van der Waals surface area (Å²) >= 11 is 1.32. The maximum atomic E-state index is 15.0. The number of hydrogen-bond acceptors (Lipinski definition) is 9. The Hall–Kier alpha value is -3.56. The number of benzene rings is 1. The smallest absolute Gasteiger partial charge is 0.477 e. The van der Waals surface area contributed by atoms with E-state index >= 15 is 4.39 Å². The Labute approximate surface area is 203 Å². The van der Waals surface area contributed by atoms with Crippen LogP contribution in [0.2, 0.25) is 0 Å². The van der Waals surface area contributed by atoms with Crippen molar-refractivity contribution in [1.29, 1.82) is 5.26 Å². The number of carboxylic acid groups (broad SMARTS) is 1. The molecule has 0 aliphatic carbocycles. The second-order valence-electron chi connectivity index (χ2n) is 8.14. The van der Waals surface area contributed by atoms with Crippen molar-refractivity contribution in [2.45, 2.75) is 37.7 Å². The molecule has 4 heterocycles. The molecule has 1 atom stereocenters. The molecule has 3 aromatic rings. The molecule has 5 rings (SSSR count). The van der Waals surface area contributed by atoms with Crippen LogP contribution in [0.15, 0.2) is 35.6 Å². The van der Waals surface area contributed by atoms with Gasteiger partial charge < -0.3 is 23.4 Å². The molecule has 35 heavy (non-hydrogen) atoms. The van der Waals surface area contributed by atoms with Gasteiger partial charge in [-0.05, 0) is 26.0 Å². The predicted octanol–water partition coefficient (Wildman–Crippen LogP) is 3.17. The molecule has 12 heteroatoms. The highest BCUT2D eigenvalue weighted by Gasteiger charge is 2.33. The lowest BCUT2D eigenvalue weighted by molar-refractivity contribution is 0.0689. The maximum Gasteiger partial charge on any atom is 0.519 e. The quantitative estimate of drug-likeness (QED) is 0.567. The Bertz CT molecular complexity index is 1460. The molecule has 2 aromatic heterocycles. The van der Waals surface area contributed by atoms with Gasteiger partial charge in [0.05, 0.1) is 34.2 Å². The Morgan fingerprint density at radius 3 is 2.46 bits per heavy atom. The Morgan fingerprint density at radius 1 is 1.26 bits per heavy atom. The topological polar surface area (TPSA) is 133 Å². The van der Waals surface area contributed by atoms with Gasteiger partial charge in [0.1, 0.15) is 17.1 Å². The maximum absolute atomic E-state index is 15.0. The van der Waals surface area contributed by atoms with E-state index in [9.17, 15) is 19.5 Å². The van der Waals surface area contributed by atoms with Crippen LogP contribution in [-0.4, -0.2) is 46.7 Å². The lowest BCUT2D eigenvalue weighted by Crippen LogP contribution is -2.46. The zero-order valence-corrected chi connectivity index (χ0v) is 20.1. The molecule has 2 aliphatic heterocycles. The summed E-state index contributed by atoms with van der Waals surface area (Å²) in [5.74, 6) is -1.64. The van der Waals surface area contributed by atoms with Crippen LogP contribution >= 0.6 is 11.8 Å². The number of aromatic nitrogens is 1. The van der Waals surface area contributed by atoms with Gasteiger partial charge in [0.2, 0.25) is 5.43 Å². The van der Waals surface area contributed by atoms with Crippen molar-refractivity contribution in [3.63, 3.8) is 0 Å². The van der Waals surface area contributed by atoms with Crippen LogP contribution in [0, 0.1) is 24.1 Å². The lowest BCUT2D eigenvalue weighted by Gasteiger charge is -2.37. The molecule has 184 valence electrons. The number of carboxylic acids is 1. The van der Waals surface area contributed by atoms with Crippen LogP contribution in [0.1, 0.15) is 41.1 Å². The van der Waals surface area contributed by atoms with Crippen LogP contribution in [0.25, 0.3) is 10.9 Å². The van der Waals surface area contributed by atoms with Crippen molar-refractivity contribution in [2.24, 2.45) is 0 Å². The normalized spacial score (nSPS) is 17.2. The van der Waals surface area contributed by atoms with E-state index in [0.29, 0.717) is 60.5 Å². The van der Waals surface area contributed by atoms with Gasteiger partial charge in [-0.15, -0.1) is 0 Å². The number of fused-ring (bicyclic) bond motifs is 3. The van der Waals surface area contributed by atoms with Crippen molar-refractivity contribution in [3.8, 4) is 6.07 Å². The van der Waals surface area contributed by atoms with E-state index in [4.69, 9.17) is 14.1 Å². The summed E-state index contributed by atoms with van der Waals surface area (Å²) in [6, 6.07) is 4.55. The second kappa shape index (κ2) is 9.59. The average molecular weight is 503 g/mol. The SMILES string of the molecule is CC#N.Cc1oc(=O)oc1CN1CCN(c2cc3c(cc2F)c(=O)c(C(=O)O)c2n3C(C)S2)CC1. The minimum absolute atomic E-state index is 0.0470. The van der Waals surface area contributed by atoms with Gasteiger partial charge in [-0.2, -0.15) is 5.26 Å². The van der Waals surface area contributed by atoms with Gasteiger partial charge in [-0.1, -0.05) is 11.8 Å². The minimum Gasteiger partial charge on any atom is -0.477 e. The van der Waals surface area contributed by atoms with E-state index in [1.54, 1.807) is 23.6 Å². The molecule has 2 aliphatic rings. The summed E-state index contributed by atoms with van der Waals surface area (Å²) in [5, 5.41) is 17.2. The number of aromatic carboxylic acids is 1. The fraction of sp³-hybridized carbons (Fsp3) is 0.391. The zero-order valence-electron chi connectivity index (χ0n) is 19.3. The number of nitriles is 1. The standard InChI is InChI=1S/C21H20FN3O6S.C2H3N/c1-10-16(31-21(29)30-10)9-23-3-5-24(6-4-23)15-8-14-12(7-13(15)22)18(26)17(20(27)28)19-25(14)11(2)32-19;1-2-3/h7-8,11H,3-6,9H2,1-2H3,(H,27,28);1H3. The first kappa shape index (κ1) is 24.6. The number of rotatable bonds is 4. The number of piperazine rings is 1. The highest BCUT2D eigenvalue weighted by molar-refractivity contribution is 8.00. The summed E-state index contributed by atoms with van der Waals surface area (Å²) in [5.41, 5.74) is -0.0479. The third-order valence-corrected chi connectivity index (χ3v) is 7.18. The van der Waals surface area contributed by atoms with Crippen LogP contribution in [0.3, 0.4) is 0 Å². The predicted molar refractivity (Wildman–Crippen MR) is 126 cm³/mol. The number of carbonyl (C=O) groups is 1. The molecule has 0 bridgehead atoms. The van der Waals surface area contributed by atoms with E-state index in [2.05, 4.69) is 4.90 Å². The monoisotopic (exact) mass is 502 g/mol. The number of halogens is 1. The summed E-state index contributed by atoms with van der Waals surface area (Å²) in [6.07, 6.45) is 0. The number of nitrogens with zero attached hydrogens (tertiary/aromatic N) is 4. The second-order valence-corrected chi connectivity index (χ2v) is 9.45. The summed E-state index contributed by atoms with van der Waals surface area (Å²) in [7, 11) is 0. The Morgan fingerprint density at radius 2 is 1.91 bits per heavy atom. The fourth-order valence-corrected chi connectivity index (χ4v) is 5.49. The van der Waals surface area contributed by atoms with E-state index < -0.39 is 23.0 Å². The molecular formula is C23H23FN4O6S. The van der Waals surface area contributed by atoms with Crippen LogP contribution in [0.5, 0.6) is 0 Å². The first-order valence-corrected chi connectivity index (χ1v) is 11.7. The number of thioether (sulfide) groups is 1. The summed E-state index contributed by atoms with van der Waals surface area (Å²) in [4.78, 5) is 39.6. The lowest BCUT2D eigenvalue weighted by atomic mass is 10.1. The highest BCUT2D eigenvalue weighted by atomic mass is 32.2. The number of anilines is 1. The van der Waals surface area contributed by atoms with Crippen molar-refractivity contribution in [3.05, 3.63) is 55.9 Å². The molecule has 1 N–H and O–H groups in total. The average Bonchev–Trinajstić information content (AvgIpc) is 3.11. The highest BCUT2D eigenvalue weighted by Crippen LogP contribution is 2.46. The number of aryl methyl sites for hydroxylation is 1. The summed E-state index contributed by atoms with van der Waals surface area (Å²) in [6.45, 7) is 7.76. The van der Waals surface area contributed by atoms with Crippen molar-refractivity contribution >= 4 is 34.3 Å². The van der Waals surface area contributed by atoms with Gasteiger partial charge in [-0.25, -0.2) is 14.0 Å². The zero-order chi connectivity index (χ0) is 25.4. The first-order chi connectivity index (χ1) is 16.7. The van der Waals surface area contributed by atoms with Gasteiger partial charge >= 0.3 is 11.8 Å². The third-order valence-electron chi connectivity index (χ3n) is 6.00. The molecule has 1 fully saturated rings. The number of hydrogen-bond donors (Lipinski definition) is 1. The molecule has 0 amide bonds. The minimum atomic E-state index is -1.30. The molecule has 1 unspecified atom stereocenters. The van der Waals surface area contributed by atoms with Crippen molar-refractivity contribution in [2.75, 3.05) is 31.1 Å². The fourth-order valence-electron chi connectivity index (χ4n) is 4.34. The summed E-state index contributed by atoms with van der Waals surface area (Å²) < 4.78 is 26.8. The molecule has 0 saturated carbocycles. The van der Waals surface area contributed by atoms with E-state index in [1.165, 1.54) is 18.7 Å². The Balaban J connectivity index is 0.000000917. The molecule has 10 nitrogen and oxygen atoms in total. The molecule has 0 radical (unpaired) electrons.